The van der Waals surface area contributed by atoms with Crippen LogP contribution < -0.4 is 10.5 Å². The van der Waals surface area contributed by atoms with Crippen LogP contribution in [0.1, 0.15) is 40.0 Å². The van der Waals surface area contributed by atoms with E-state index in [4.69, 9.17) is 0 Å². The number of aryl methyl sites for hydroxylation is 1. The molecule has 4 rings (SSSR count). The number of carbonyl (C=O) groups excluding carboxylic acids is 1. The average molecular weight is 344 g/mol. The molecule has 2 aromatic carbocycles. The molecule has 0 unspecified atom stereocenters. The summed E-state index contributed by atoms with van der Waals surface area (Å²) in [5, 5.41) is 0. The van der Waals surface area contributed by atoms with Crippen molar-refractivity contribution in [1.82, 2.24) is 4.98 Å². The Labute approximate surface area is 152 Å². The summed E-state index contributed by atoms with van der Waals surface area (Å²) in [5.41, 5.74) is 4.23. The molecule has 0 bridgehead atoms. The SMILES string of the molecule is CCc1cc(C(=O)N2C[C@H](c3ccccc3)c3ccccc32)cc(=O)[nH]1. The minimum atomic E-state index is -0.236. The molecule has 0 saturated carbocycles. The first kappa shape index (κ1) is 16.3. The zero-order valence-electron chi connectivity index (χ0n) is 14.6. The van der Waals surface area contributed by atoms with E-state index in [0.717, 1.165) is 16.9 Å². The number of benzene rings is 2. The Morgan fingerprint density at radius 3 is 2.58 bits per heavy atom. The minimum absolute atomic E-state index is 0.128. The number of H-pyrrole nitrogens is 1. The number of fused-ring (bicyclic) bond motifs is 1. The van der Waals surface area contributed by atoms with Crippen LogP contribution in [-0.4, -0.2) is 17.4 Å². The molecule has 0 spiro atoms. The summed E-state index contributed by atoms with van der Waals surface area (Å²) in [4.78, 5) is 29.6. The van der Waals surface area contributed by atoms with Gasteiger partial charge in [-0.05, 0) is 29.7 Å². The summed E-state index contributed by atoms with van der Waals surface area (Å²) in [6.07, 6.45) is 0.680. The highest BCUT2D eigenvalue weighted by atomic mass is 16.2. The second kappa shape index (κ2) is 6.64. The van der Waals surface area contributed by atoms with Gasteiger partial charge < -0.3 is 9.88 Å². The molecule has 1 aliphatic heterocycles. The van der Waals surface area contributed by atoms with Gasteiger partial charge in [-0.15, -0.1) is 0 Å². The van der Waals surface area contributed by atoms with Gasteiger partial charge in [-0.1, -0.05) is 55.5 Å². The first-order valence-electron chi connectivity index (χ1n) is 8.86. The maximum Gasteiger partial charge on any atom is 0.258 e. The van der Waals surface area contributed by atoms with E-state index in [1.165, 1.54) is 11.6 Å². The van der Waals surface area contributed by atoms with Crippen LogP contribution in [0.3, 0.4) is 0 Å². The van der Waals surface area contributed by atoms with E-state index >= 15 is 0 Å². The number of hydrogen-bond donors (Lipinski definition) is 1. The highest BCUT2D eigenvalue weighted by Crippen LogP contribution is 2.40. The number of rotatable bonds is 3. The van der Waals surface area contributed by atoms with Crippen LogP contribution in [0.4, 0.5) is 5.69 Å². The molecular formula is C22H20N2O2. The maximum atomic E-state index is 13.2. The molecule has 1 aromatic heterocycles. The zero-order chi connectivity index (χ0) is 18.1. The predicted molar refractivity (Wildman–Crippen MR) is 103 cm³/mol. The molecule has 0 fully saturated rings. The van der Waals surface area contributed by atoms with Gasteiger partial charge >= 0.3 is 0 Å². The number of pyridine rings is 1. The van der Waals surface area contributed by atoms with E-state index in [0.29, 0.717) is 18.5 Å². The molecule has 1 amide bonds. The summed E-state index contributed by atoms with van der Waals surface area (Å²) in [7, 11) is 0. The molecule has 26 heavy (non-hydrogen) atoms. The molecule has 4 nitrogen and oxygen atoms in total. The first-order valence-corrected chi connectivity index (χ1v) is 8.86. The predicted octanol–water partition coefficient (Wildman–Crippen LogP) is 3.73. The van der Waals surface area contributed by atoms with Crippen LogP contribution in [0.25, 0.3) is 0 Å². The third-order valence-corrected chi connectivity index (χ3v) is 4.94. The van der Waals surface area contributed by atoms with E-state index in [-0.39, 0.29) is 17.4 Å². The summed E-state index contributed by atoms with van der Waals surface area (Å²) in [6, 6.07) is 21.4. The number of nitrogens with zero attached hydrogens (tertiary/aromatic N) is 1. The maximum absolute atomic E-state index is 13.2. The normalized spacial score (nSPS) is 15.7. The zero-order valence-corrected chi connectivity index (χ0v) is 14.6. The lowest BCUT2D eigenvalue weighted by molar-refractivity contribution is 0.0988. The number of anilines is 1. The van der Waals surface area contributed by atoms with Gasteiger partial charge in [0, 0.05) is 35.5 Å². The van der Waals surface area contributed by atoms with E-state index in [1.54, 1.807) is 11.0 Å². The summed E-state index contributed by atoms with van der Waals surface area (Å²) < 4.78 is 0. The van der Waals surface area contributed by atoms with Crippen LogP contribution in [0.15, 0.2) is 71.5 Å². The molecule has 0 aliphatic carbocycles. The topological polar surface area (TPSA) is 53.2 Å². The van der Waals surface area contributed by atoms with Gasteiger partial charge in [0.25, 0.3) is 5.91 Å². The van der Waals surface area contributed by atoms with Crippen molar-refractivity contribution in [1.29, 1.82) is 0 Å². The Balaban J connectivity index is 1.75. The molecule has 3 aromatic rings. The molecule has 0 radical (unpaired) electrons. The van der Waals surface area contributed by atoms with Gasteiger partial charge in [0.05, 0.1) is 0 Å². The third kappa shape index (κ3) is 2.84. The first-order chi connectivity index (χ1) is 12.7. The second-order valence-electron chi connectivity index (χ2n) is 6.55. The Hall–Kier alpha value is -3.14. The Morgan fingerprint density at radius 1 is 1.08 bits per heavy atom. The van der Waals surface area contributed by atoms with Gasteiger partial charge in [-0.2, -0.15) is 0 Å². The molecular weight excluding hydrogens is 324 g/mol. The molecule has 4 heteroatoms. The van der Waals surface area contributed by atoms with Gasteiger partial charge in [-0.25, -0.2) is 0 Å². The molecule has 1 aliphatic rings. The number of aromatic nitrogens is 1. The number of nitrogens with one attached hydrogen (secondary N) is 1. The number of para-hydroxylation sites is 1. The second-order valence-corrected chi connectivity index (χ2v) is 6.55. The lowest BCUT2D eigenvalue weighted by atomic mass is 9.93. The standard InChI is InChI=1S/C22H20N2O2/c1-2-17-12-16(13-21(25)23-17)22(26)24-14-19(15-8-4-3-5-9-15)18-10-6-7-11-20(18)24/h3-13,19H,2,14H2,1H3,(H,23,25)/t19-/m1/s1. The quantitative estimate of drug-likeness (QED) is 0.787. The van der Waals surface area contributed by atoms with Gasteiger partial charge in [0.1, 0.15) is 0 Å². The van der Waals surface area contributed by atoms with Crippen molar-refractivity contribution in [2.75, 3.05) is 11.4 Å². The number of hydrogen-bond acceptors (Lipinski definition) is 2. The Morgan fingerprint density at radius 2 is 1.81 bits per heavy atom. The summed E-state index contributed by atoms with van der Waals surface area (Å²) in [5.74, 6) is 0.0145. The monoisotopic (exact) mass is 344 g/mol. The fourth-order valence-corrected chi connectivity index (χ4v) is 3.64. The van der Waals surface area contributed by atoms with Crippen LogP contribution in [-0.2, 0) is 6.42 Å². The Bertz CT molecular complexity index is 1010. The lowest BCUT2D eigenvalue weighted by Crippen LogP contribution is -2.31. The van der Waals surface area contributed by atoms with Crippen molar-refractivity contribution < 1.29 is 4.79 Å². The average Bonchev–Trinajstić information content (AvgIpc) is 3.07. The van der Waals surface area contributed by atoms with Crippen LogP contribution in [0, 0.1) is 0 Å². The number of carbonyl (C=O) groups is 1. The van der Waals surface area contributed by atoms with Gasteiger partial charge in [-0.3, -0.25) is 9.59 Å². The highest BCUT2D eigenvalue weighted by molar-refractivity contribution is 6.07. The minimum Gasteiger partial charge on any atom is -0.326 e. The van der Waals surface area contributed by atoms with Crippen LogP contribution in [0.2, 0.25) is 0 Å². The fourth-order valence-electron chi connectivity index (χ4n) is 3.64. The largest absolute Gasteiger partial charge is 0.326 e. The van der Waals surface area contributed by atoms with Crippen molar-refractivity contribution in [3.8, 4) is 0 Å². The summed E-state index contributed by atoms with van der Waals surface area (Å²) in [6.45, 7) is 2.53. The van der Waals surface area contributed by atoms with E-state index < -0.39 is 0 Å². The van der Waals surface area contributed by atoms with Crippen molar-refractivity contribution in [2.24, 2.45) is 0 Å². The smallest absolute Gasteiger partial charge is 0.258 e. The Kier molecular flexibility index (Phi) is 4.17. The lowest BCUT2D eigenvalue weighted by Gasteiger charge is -2.18. The molecule has 1 N–H and O–H groups in total. The van der Waals surface area contributed by atoms with Crippen molar-refractivity contribution in [3.05, 3.63) is 99.5 Å². The van der Waals surface area contributed by atoms with Crippen molar-refractivity contribution in [3.63, 3.8) is 0 Å². The van der Waals surface area contributed by atoms with E-state index in [2.05, 4.69) is 23.2 Å². The van der Waals surface area contributed by atoms with Crippen LogP contribution >= 0.6 is 0 Å². The van der Waals surface area contributed by atoms with Crippen molar-refractivity contribution >= 4 is 11.6 Å². The molecule has 0 saturated heterocycles. The van der Waals surface area contributed by atoms with Gasteiger partial charge in [0.15, 0.2) is 0 Å². The van der Waals surface area contributed by atoms with Crippen molar-refractivity contribution in [2.45, 2.75) is 19.3 Å². The molecule has 130 valence electrons. The van der Waals surface area contributed by atoms with Gasteiger partial charge in [0.2, 0.25) is 5.56 Å². The highest BCUT2D eigenvalue weighted by Gasteiger charge is 2.33. The number of aromatic amines is 1. The van der Waals surface area contributed by atoms with Crippen LogP contribution in [0.5, 0.6) is 0 Å². The van der Waals surface area contributed by atoms with E-state index in [9.17, 15) is 9.59 Å². The fraction of sp³-hybridized carbons (Fsp3) is 0.182. The molecule has 2 heterocycles. The van der Waals surface area contributed by atoms with E-state index in [1.807, 2.05) is 43.3 Å². The number of amides is 1. The molecule has 1 atom stereocenters. The summed E-state index contributed by atoms with van der Waals surface area (Å²) >= 11 is 0. The third-order valence-electron chi connectivity index (χ3n) is 4.94.